The fraction of sp³-hybridized carbons (Fsp3) is 0.300. The lowest BCUT2D eigenvalue weighted by Crippen LogP contribution is -2.44. The van der Waals surface area contributed by atoms with Gasteiger partial charge in [0.05, 0.1) is 0 Å². The maximum atomic E-state index is 13.3. The third-order valence-corrected chi connectivity index (χ3v) is 5.00. The smallest absolute Gasteiger partial charge is 0.315 e. The van der Waals surface area contributed by atoms with Crippen LogP contribution in [0.5, 0.6) is 0 Å². The molecule has 0 saturated heterocycles. The van der Waals surface area contributed by atoms with Crippen molar-refractivity contribution < 1.29 is 23.5 Å². The second-order valence-electron chi connectivity index (χ2n) is 6.84. The van der Waals surface area contributed by atoms with Gasteiger partial charge in [0.15, 0.2) is 11.6 Å². The Morgan fingerprint density at radius 3 is 2.46 bits per heavy atom. The summed E-state index contributed by atoms with van der Waals surface area (Å²) in [6.07, 6.45) is 0.534. The number of halogens is 2. The summed E-state index contributed by atoms with van der Waals surface area (Å²) in [4.78, 5) is 24.1. The van der Waals surface area contributed by atoms with Crippen LogP contribution in [-0.4, -0.2) is 23.5 Å². The SMILES string of the molecule is CC(CNC(=O)C1CC1c1ccc(F)c(F)c1)(C(=O)O)c1ccccc1. The Morgan fingerprint density at radius 1 is 1.15 bits per heavy atom. The van der Waals surface area contributed by atoms with Gasteiger partial charge in [0.1, 0.15) is 5.41 Å². The summed E-state index contributed by atoms with van der Waals surface area (Å²) in [6, 6.07) is 12.3. The van der Waals surface area contributed by atoms with Gasteiger partial charge in [-0.15, -0.1) is 0 Å². The lowest BCUT2D eigenvalue weighted by Gasteiger charge is -2.25. The number of amides is 1. The normalized spacial score (nSPS) is 20.9. The summed E-state index contributed by atoms with van der Waals surface area (Å²) in [7, 11) is 0. The van der Waals surface area contributed by atoms with Crippen molar-refractivity contribution in [1.82, 2.24) is 5.32 Å². The van der Waals surface area contributed by atoms with Crippen molar-refractivity contribution in [3.05, 3.63) is 71.3 Å². The van der Waals surface area contributed by atoms with Gasteiger partial charge in [0.25, 0.3) is 0 Å². The van der Waals surface area contributed by atoms with E-state index >= 15 is 0 Å². The van der Waals surface area contributed by atoms with Crippen LogP contribution in [0, 0.1) is 17.6 Å². The zero-order valence-corrected chi connectivity index (χ0v) is 14.2. The van der Waals surface area contributed by atoms with E-state index in [0.717, 1.165) is 12.1 Å². The number of rotatable bonds is 6. The van der Waals surface area contributed by atoms with Gasteiger partial charge < -0.3 is 10.4 Å². The van der Waals surface area contributed by atoms with Crippen molar-refractivity contribution in [3.63, 3.8) is 0 Å². The van der Waals surface area contributed by atoms with E-state index < -0.39 is 23.0 Å². The highest BCUT2D eigenvalue weighted by Gasteiger charge is 2.45. The maximum Gasteiger partial charge on any atom is 0.315 e. The van der Waals surface area contributed by atoms with Crippen LogP contribution in [0.1, 0.15) is 30.4 Å². The maximum absolute atomic E-state index is 13.3. The molecular weight excluding hydrogens is 340 g/mol. The summed E-state index contributed by atoms with van der Waals surface area (Å²) in [5, 5.41) is 12.3. The van der Waals surface area contributed by atoms with Crippen molar-refractivity contribution >= 4 is 11.9 Å². The largest absolute Gasteiger partial charge is 0.481 e. The Balaban J connectivity index is 1.65. The summed E-state index contributed by atoms with van der Waals surface area (Å²) in [5.74, 6) is -3.68. The predicted octanol–water partition coefficient (Wildman–Crippen LogP) is 3.23. The van der Waals surface area contributed by atoms with Crippen molar-refractivity contribution in [3.8, 4) is 0 Å². The molecule has 0 radical (unpaired) electrons. The molecule has 2 aromatic carbocycles. The van der Waals surface area contributed by atoms with Crippen LogP contribution in [0.4, 0.5) is 8.78 Å². The zero-order valence-electron chi connectivity index (χ0n) is 14.2. The Kier molecular flexibility index (Phi) is 4.76. The molecule has 3 atom stereocenters. The standard InChI is InChI=1S/C20H19F2NO3/c1-20(19(25)26,13-5-3-2-4-6-13)11-23-18(24)15-10-14(15)12-7-8-16(21)17(22)9-12/h2-9,14-15H,10-11H2,1H3,(H,23,24)(H,25,26). The molecule has 0 aliphatic heterocycles. The number of aliphatic carboxylic acids is 1. The molecule has 0 heterocycles. The Morgan fingerprint density at radius 2 is 1.85 bits per heavy atom. The van der Waals surface area contributed by atoms with E-state index in [4.69, 9.17) is 0 Å². The van der Waals surface area contributed by atoms with E-state index in [9.17, 15) is 23.5 Å². The first-order valence-electron chi connectivity index (χ1n) is 8.34. The van der Waals surface area contributed by atoms with E-state index in [2.05, 4.69) is 5.32 Å². The lowest BCUT2D eigenvalue weighted by atomic mass is 9.82. The van der Waals surface area contributed by atoms with Crippen LogP contribution in [0.15, 0.2) is 48.5 Å². The first-order valence-corrected chi connectivity index (χ1v) is 8.34. The molecule has 3 rings (SSSR count). The van der Waals surface area contributed by atoms with Gasteiger partial charge in [-0.05, 0) is 42.5 Å². The molecule has 3 unspecified atom stereocenters. The number of hydrogen-bond acceptors (Lipinski definition) is 2. The Labute approximate surface area is 149 Å². The van der Waals surface area contributed by atoms with E-state index in [0.29, 0.717) is 17.5 Å². The number of carboxylic acids is 1. The summed E-state index contributed by atoms with van der Waals surface area (Å²) in [5.41, 5.74) is -0.0719. The van der Waals surface area contributed by atoms with Crippen LogP contribution < -0.4 is 5.32 Å². The summed E-state index contributed by atoms with van der Waals surface area (Å²) < 4.78 is 26.4. The highest BCUT2D eigenvalue weighted by atomic mass is 19.2. The van der Waals surface area contributed by atoms with Crippen LogP contribution in [0.3, 0.4) is 0 Å². The Hall–Kier alpha value is -2.76. The van der Waals surface area contributed by atoms with Gasteiger partial charge >= 0.3 is 5.97 Å². The minimum absolute atomic E-state index is 0.0494. The molecule has 4 nitrogen and oxygen atoms in total. The van der Waals surface area contributed by atoms with Gasteiger partial charge in [-0.1, -0.05) is 36.4 Å². The predicted molar refractivity (Wildman–Crippen MR) is 91.6 cm³/mol. The second kappa shape index (κ2) is 6.86. The highest BCUT2D eigenvalue weighted by molar-refractivity contribution is 5.85. The van der Waals surface area contributed by atoms with Crippen molar-refractivity contribution in [1.29, 1.82) is 0 Å². The van der Waals surface area contributed by atoms with Crippen LogP contribution in [0.2, 0.25) is 0 Å². The number of benzene rings is 2. The summed E-state index contributed by atoms with van der Waals surface area (Å²) in [6.45, 7) is 1.51. The molecule has 1 amide bonds. The third kappa shape index (κ3) is 3.45. The average molecular weight is 359 g/mol. The lowest BCUT2D eigenvalue weighted by molar-refractivity contribution is -0.143. The zero-order chi connectivity index (χ0) is 18.9. The van der Waals surface area contributed by atoms with Gasteiger partial charge in [0, 0.05) is 12.5 Å². The molecule has 2 N–H and O–H groups in total. The molecule has 1 fully saturated rings. The number of carbonyl (C=O) groups is 2. The molecule has 1 aliphatic carbocycles. The molecule has 1 saturated carbocycles. The molecule has 0 bridgehead atoms. The molecule has 6 heteroatoms. The van der Waals surface area contributed by atoms with Gasteiger partial charge in [-0.2, -0.15) is 0 Å². The van der Waals surface area contributed by atoms with Crippen molar-refractivity contribution in [2.45, 2.75) is 24.7 Å². The Bertz CT molecular complexity index is 840. The highest BCUT2D eigenvalue weighted by Crippen LogP contribution is 2.47. The van der Waals surface area contributed by atoms with E-state index in [1.54, 1.807) is 37.3 Å². The first-order chi connectivity index (χ1) is 12.3. The fourth-order valence-corrected chi connectivity index (χ4v) is 3.10. The van der Waals surface area contributed by atoms with Crippen LogP contribution in [0.25, 0.3) is 0 Å². The molecule has 0 spiro atoms. The molecular formula is C20H19F2NO3. The number of carboxylic acid groups (broad SMARTS) is 1. The van der Waals surface area contributed by atoms with E-state index in [1.165, 1.54) is 6.07 Å². The number of hydrogen-bond donors (Lipinski definition) is 2. The monoisotopic (exact) mass is 359 g/mol. The first kappa shape index (κ1) is 18.0. The summed E-state index contributed by atoms with van der Waals surface area (Å²) >= 11 is 0. The topological polar surface area (TPSA) is 66.4 Å². The van der Waals surface area contributed by atoms with Crippen molar-refractivity contribution in [2.24, 2.45) is 5.92 Å². The number of nitrogens with one attached hydrogen (secondary N) is 1. The molecule has 2 aromatic rings. The quantitative estimate of drug-likeness (QED) is 0.832. The molecule has 1 aliphatic rings. The van der Waals surface area contributed by atoms with Gasteiger partial charge in [-0.3, -0.25) is 9.59 Å². The molecule has 26 heavy (non-hydrogen) atoms. The van der Waals surface area contributed by atoms with Gasteiger partial charge in [0.2, 0.25) is 5.91 Å². The fourth-order valence-electron chi connectivity index (χ4n) is 3.10. The molecule has 136 valence electrons. The minimum atomic E-state index is -1.25. The van der Waals surface area contributed by atoms with Crippen LogP contribution in [-0.2, 0) is 15.0 Å². The van der Waals surface area contributed by atoms with Crippen LogP contribution >= 0.6 is 0 Å². The third-order valence-electron chi connectivity index (χ3n) is 5.00. The molecule has 0 aromatic heterocycles. The van der Waals surface area contributed by atoms with E-state index in [-0.39, 0.29) is 24.3 Å². The van der Waals surface area contributed by atoms with E-state index in [1.807, 2.05) is 0 Å². The van der Waals surface area contributed by atoms with Gasteiger partial charge in [-0.25, -0.2) is 8.78 Å². The minimum Gasteiger partial charge on any atom is -0.481 e. The average Bonchev–Trinajstić information content (AvgIpc) is 3.43. The number of carbonyl (C=O) groups excluding carboxylic acids is 1. The van der Waals surface area contributed by atoms with Crippen molar-refractivity contribution in [2.75, 3.05) is 6.54 Å². The second-order valence-corrected chi connectivity index (χ2v) is 6.84.